The van der Waals surface area contributed by atoms with E-state index in [-0.39, 0.29) is 22.5 Å². The first-order valence-electron chi connectivity index (χ1n) is 4.20. The number of nitrogens with two attached hydrogens (primary N) is 2. The molecule has 4 N–H and O–H groups in total. The average Bonchev–Trinajstić information content (AvgIpc) is 2.75. The number of nitrogen functional groups attached to an aromatic ring is 2. The Balaban J connectivity index is 2.49. The van der Waals surface area contributed by atoms with Crippen LogP contribution < -0.4 is 11.5 Å². The molecule has 0 amide bonds. The van der Waals surface area contributed by atoms with Gasteiger partial charge in [0.1, 0.15) is 6.33 Å². The number of carbonyl (C=O) groups excluding carboxylic acids is 1. The molecule has 2 rings (SSSR count). The summed E-state index contributed by atoms with van der Waals surface area (Å²) in [5.74, 6) is -0.550. The standard InChI is InChI=1S/C8H7ClN6O/c9-5-7(11)14-6(10)4(13-5)8(16)15-2-1-12-3-15/h1-3H,(H4,10,11,14). The van der Waals surface area contributed by atoms with Crippen molar-refractivity contribution >= 4 is 29.1 Å². The summed E-state index contributed by atoms with van der Waals surface area (Å²) >= 11 is 5.66. The van der Waals surface area contributed by atoms with Crippen molar-refractivity contribution in [2.45, 2.75) is 0 Å². The topological polar surface area (TPSA) is 113 Å². The number of nitrogens with zero attached hydrogens (tertiary/aromatic N) is 4. The van der Waals surface area contributed by atoms with Crippen LogP contribution >= 0.6 is 11.6 Å². The summed E-state index contributed by atoms with van der Waals surface area (Å²) in [5, 5.41) is -0.0577. The van der Waals surface area contributed by atoms with Gasteiger partial charge in [0.05, 0.1) is 0 Å². The van der Waals surface area contributed by atoms with Crippen molar-refractivity contribution in [1.29, 1.82) is 0 Å². The van der Waals surface area contributed by atoms with E-state index in [2.05, 4.69) is 15.0 Å². The van der Waals surface area contributed by atoms with Crippen LogP contribution in [0.3, 0.4) is 0 Å². The predicted molar refractivity (Wildman–Crippen MR) is 57.8 cm³/mol. The molecule has 0 atom stereocenters. The molecule has 0 spiro atoms. The van der Waals surface area contributed by atoms with Crippen molar-refractivity contribution in [3.8, 4) is 0 Å². The van der Waals surface area contributed by atoms with Gasteiger partial charge in [0.15, 0.2) is 22.5 Å². The van der Waals surface area contributed by atoms with Crippen LogP contribution in [0, 0.1) is 0 Å². The van der Waals surface area contributed by atoms with Gasteiger partial charge >= 0.3 is 0 Å². The summed E-state index contributed by atoms with van der Waals surface area (Å²) in [6.45, 7) is 0. The van der Waals surface area contributed by atoms with Gasteiger partial charge in [-0.2, -0.15) is 0 Å². The Morgan fingerprint density at radius 2 is 2.06 bits per heavy atom. The minimum absolute atomic E-state index is 0.0126. The summed E-state index contributed by atoms with van der Waals surface area (Å²) in [4.78, 5) is 23.1. The Hall–Kier alpha value is -2.15. The highest BCUT2D eigenvalue weighted by atomic mass is 35.5. The molecule has 0 aliphatic heterocycles. The van der Waals surface area contributed by atoms with Crippen molar-refractivity contribution in [3.05, 3.63) is 29.6 Å². The van der Waals surface area contributed by atoms with E-state index in [4.69, 9.17) is 23.1 Å². The molecule has 0 bridgehead atoms. The van der Waals surface area contributed by atoms with Gasteiger partial charge in [0.2, 0.25) is 0 Å². The number of aromatic nitrogens is 4. The molecular formula is C8H7ClN6O. The number of halogens is 1. The normalized spacial score (nSPS) is 10.3. The molecule has 0 aliphatic carbocycles. The Kier molecular flexibility index (Phi) is 2.45. The van der Waals surface area contributed by atoms with E-state index in [1.54, 1.807) is 0 Å². The van der Waals surface area contributed by atoms with Crippen molar-refractivity contribution in [2.75, 3.05) is 11.5 Å². The van der Waals surface area contributed by atoms with E-state index in [0.717, 1.165) is 0 Å². The van der Waals surface area contributed by atoms with Crippen LogP contribution in [0.4, 0.5) is 11.6 Å². The maximum absolute atomic E-state index is 11.8. The van der Waals surface area contributed by atoms with E-state index in [0.29, 0.717) is 0 Å². The van der Waals surface area contributed by atoms with Crippen molar-refractivity contribution in [2.24, 2.45) is 0 Å². The summed E-state index contributed by atoms with van der Waals surface area (Å²) in [6.07, 6.45) is 4.25. The second-order valence-electron chi connectivity index (χ2n) is 2.91. The SMILES string of the molecule is Nc1nc(N)c(C(=O)n2ccnc2)nc1Cl. The van der Waals surface area contributed by atoms with E-state index >= 15 is 0 Å². The fourth-order valence-electron chi connectivity index (χ4n) is 1.10. The summed E-state index contributed by atoms with van der Waals surface area (Å²) < 4.78 is 1.22. The number of imidazole rings is 1. The molecule has 0 fully saturated rings. The summed E-state index contributed by atoms with van der Waals surface area (Å²) in [5.41, 5.74) is 10.9. The van der Waals surface area contributed by atoms with Crippen LogP contribution in [0.25, 0.3) is 0 Å². The van der Waals surface area contributed by atoms with Crippen LogP contribution in [-0.4, -0.2) is 25.4 Å². The zero-order valence-electron chi connectivity index (χ0n) is 7.96. The average molecular weight is 239 g/mol. The number of hydrogen-bond acceptors (Lipinski definition) is 6. The van der Waals surface area contributed by atoms with E-state index < -0.39 is 5.91 Å². The third-order valence-electron chi connectivity index (χ3n) is 1.85. The second-order valence-corrected chi connectivity index (χ2v) is 3.27. The molecule has 82 valence electrons. The molecule has 0 saturated carbocycles. The Morgan fingerprint density at radius 1 is 1.31 bits per heavy atom. The third-order valence-corrected chi connectivity index (χ3v) is 2.12. The third kappa shape index (κ3) is 1.68. The lowest BCUT2D eigenvalue weighted by Crippen LogP contribution is -2.16. The molecular weight excluding hydrogens is 232 g/mol. The van der Waals surface area contributed by atoms with Gasteiger partial charge in [-0.25, -0.2) is 15.0 Å². The molecule has 0 aliphatic rings. The van der Waals surface area contributed by atoms with E-state index in [1.807, 2.05) is 0 Å². The molecule has 0 saturated heterocycles. The summed E-state index contributed by atoms with van der Waals surface area (Å²) in [6, 6.07) is 0. The van der Waals surface area contributed by atoms with Crippen molar-refractivity contribution in [3.63, 3.8) is 0 Å². The lowest BCUT2D eigenvalue weighted by Gasteiger charge is -2.05. The van der Waals surface area contributed by atoms with Gasteiger partial charge < -0.3 is 11.5 Å². The number of rotatable bonds is 1. The van der Waals surface area contributed by atoms with Crippen LogP contribution in [0.5, 0.6) is 0 Å². The highest BCUT2D eigenvalue weighted by molar-refractivity contribution is 6.31. The Bertz CT molecular complexity index is 538. The fourth-order valence-corrected chi connectivity index (χ4v) is 1.23. The lowest BCUT2D eigenvalue weighted by atomic mass is 10.4. The first-order valence-corrected chi connectivity index (χ1v) is 4.58. The van der Waals surface area contributed by atoms with E-state index in [1.165, 1.54) is 23.3 Å². The number of hydrogen-bond donors (Lipinski definition) is 2. The maximum Gasteiger partial charge on any atom is 0.285 e. The first kappa shape index (κ1) is 10.4. The quantitative estimate of drug-likeness (QED) is 0.733. The molecule has 8 heteroatoms. The highest BCUT2D eigenvalue weighted by Gasteiger charge is 2.16. The Labute approximate surface area is 95.1 Å². The van der Waals surface area contributed by atoms with Gasteiger partial charge in [-0.05, 0) is 0 Å². The first-order chi connectivity index (χ1) is 7.59. The van der Waals surface area contributed by atoms with Gasteiger partial charge in [-0.1, -0.05) is 11.6 Å². The van der Waals surface area contributed by atoms with Crippen molar-refractivity contribution < 1.29 is 4.79 Å². The molecule has 0 aromatic carbocycles. The largest absolute Gasteiger partial charge is 0.382 e. The fraction of sp³-hybridized carbons (Fsp3) is 0. The molecule has 2 aromatic heterocycles. The molecule has 0 radical (unpaired) electrons. The van der Waals surface area contributed by atoms with Gasteiger partial charge in [0, 0.05) is 12.4 Å². The zero-order valence-corrected chi connectivity index (χ0v) is 8.72. The van der Waals surface area contributed by atoms with Crippen LogP contribution in [-0.2, 0) is 0 Å². The van der Waals surface area contributed by atoms with Crippen LogP contribution in [0.1, 0.15) is 10.5 Å². The smallest absolute Gasteiger partial charge is 0.285 e. The molecule has 0 unspecified atom stereocenters. The molecule has 7 nitrogen and oxygen atoms in total. The van der Waals surface area contributed by atoms with Gasteiger partial charge in [-0.15, -0.1) is 0 Å². The summed E-state index contributed by atoms with van der Waals surface area (Å²) in [7, 11) is 0. The number of anilines is 2. The molecule has 2 heterocycles. The van der Waals surface area contributed by atoms with Crippen LogP contribution in [0.2, 0.25) is 5.15 Å². The lowest BCUT2D eigenvalue weighted by molar-refractivity contribution is 0.0955. The molecule has 2 aromatic rings. The second kappa shape index (κ2) is 3.78. The minimum atomic E-state index is -0.468. The Morgan fingerprint density at radius 3 is 2.69 bits per heavy atom. The maximum atomic E-state index is 11.8. The molecule has 16 heavy (non-hydrogen) atoms. The van der Waals surface area contributed by atoms with Crippen molar-refractivity contribution in [1.82, 2.24) is 19.5 Å². The van der Waals surface area contributed by atoms with Gasteiger partial charge in [-0.3, -0.25) is 9.36 Å². The zero-order chi connectivity index (χ0) is 11.7. The van der Waals surface area contributed by atoms with Crippen LogP contribution in [0.15, 0.2) is 18.7 Å². The van der Waals surface area contributed by atoms with Gasteiger partial charge in [0.25, 0.3) is 5.91 Å². The highest BCUT2D eigenvalue weighted by Crippen LogP contribution is 2.17. The predicted octanol–water partition coefficient (Wildman–Crippen LogP) is 0.179. The minimum Gasteiger partial charge on any atom is -0.382 e. The number of carbonyl (C=O) groups is 1. The monoisotopic (exact) mass is 238 g/mol. The van der Waals surface area contributed by atoms with E-state index in [9.17, 15) is 4.79 Å².